The summed E-state index contributed by atoms with van der Waals surface area (Å²) < 4.78 is 46.3. The highest BCUT2D eigenvalue weighted by molar-refractivity contribution is 6.01. The maximum atomic E-state index is 17.8. The third-order valence-corrected chi connectivity index (χ3v) is 10.7. The van der Waals surface area contributed by atoms with Crippen molar-refractivity contribution in [1.82, 2.24) is 0 Å². The fourth-order valence-electron chi connectivity index (χ4n) is 8.38. The molecule has 4 N–H and O–H groups in total. The summed E-state index contributed by atoms with van der Waals surface area (Å²) in [5, 5.41) is 21.3. The Hall–Kier alpha value is -3.24. The average molecular weight is 622 g/mol. The van der Waals surface area contributed by atoms with Crippen molar-refractivity contribution in [3.05, 3.63) is 89.0 Å². The van der Waals surface area contributed by atoms with Gasteiger partial charge in [-0.15, -0.1) is 0 Å². The number of carbonyl (C=O) groups excluding carboxylic acids is 2. The topological polar surface area (TPSA) is 119 Å². The Kier molecular flexibility index (Phi) is 8.35. The molecule has 1 saturated heterocycles. The van der Waals surface area contributed by atoms with E-state index in [4.69, 9.17) is 15.2 Å². The first-order chi connectivity index (χ1) is 21.4. The number of rotatable bonds is 9. The maximum absolute atomic E-state index is 17.8. The number of alkyl halides is 2. The van der Waals surface area contributed by atoms with Gasteiger partial charge in [-0.1, -0.05) is 55.8 Å². The van der Waals surface area contributed by atoms with E-state index in [-0.39, 0.29) is 31.3 Å². The smallest absolute Gasteiger partial charge is 0.192 e. The van der Waals surface area contributed by atoms with Gasteiger partial charge in [-0.2, -0.15) is 0 Å². The number of benzene rings is 2. The summed E-state index contributed by atoms with van der Waals surface area (Å²) >= 11 is 0. The molecule has 1 heterocycles. The molecule has 0 radical (unpaired) electrons. The molecule has 9 heteroatoms. The highest BCUT2D eigenvalue weighted by Gasteiger charge is 2.69. The van der Waals surface area contributed by atoms with E-state index < -0.39 is 71.4 Å². The summed E-state index contributed by atoms with van der Waals surface area (Å²) in [5.74, 6) is -2.58. The number of carbonyl (C=O) groups is 2. The third kappa shape index (κ3) is 5.18. The normalized spacial score (nSPS) is 36.4. The summed E-state index contributed by atoms with van der Waals surface area (Å²) in [7, 11) is 0. The molecule has 7 nitrogen and oxygen atoms in total. The van der Waals surface area contributed by atoms with Crippen molar-refractivity contribution < 1.29 is 38.1 Å². The standard InChI is InChI=1S/C36H41F2NO6/c1-3-5-30(42)36(38)27(18-29(37)28-17-26(41)12-13-34(28,36)2)24-16-32-35(19-24,31(43)20-40)45-33(44-32)23-10-8-21(9-11-23)14-22-6-4-7-25(39)15-22/h4,6-13,15,17,24,27,29-30,32-33,40,42H,3,5,14,16,18-20,39H2,1-2H3/t24-,27+,29+,30+,32-,33-,34+,35-,36+/m1/s1. The van der Waals surface area contributed by atoms with Crippen LogP contribution >= 0.6 is 0 Å². The van der Waals surface area contributed by atoms with E-state index in [0.717, 1.165) is 17.2 Å². The van der Waals surface area contributed by atoms with Crippen molar-refractivity contribution in [3.8, 4) is 0 Å². The molecule has 4 aliphatic rings. The molecule has 0 bridgehead atoms. The SMILES string of the molecule is CCC[C@H](O)[C@@]1(F)[C@H]([C@@H]2C[C@H]3O[C@@H](c4ccc(Cc5cccc(N)c5)cc4)O[C@@]3(C(=O)CO)C2)C[C@H](F)C2=CC(=O)C=C[C@@]21C. The quantitative estimate of drug-likeness (QED) is 0.326. The maximum Gasteiger partial charge on any atom is 0.192 e. The van der Waals surface area contributed by atoms with Gasteiger partial charge in [0.05, 0.1) is 12.2 Å². The second kappa shape index (κ2) is 11.8. The fourth-order valence-corrected chi connectivity index (χ4v) is 8.38. The number of aliphatic hydroxyl groups excluding tert-OH is 2. The Labute approximate surface area is 262 Å². The minimum absolute atomic E-state index is 0.0146. The molecule has 240 valence electrons. The van der Waals surface area contributed by atoms with E-state index >= 15 is 8.78 Å². The summed E-state index contributed by atoms with van der Waals surface area (Å²) in [4.78, 5) is 25.5. The first-order valence-corrected chi connectivity index (χ1v) is 15.8. The number of nitrogens with two attached hydrogens (primary N) is 1. The largest absolute Gasteiger partial charge is 0.399 e. The lowest BCUT2D eigenvalue weighted by molar-refractivity contribution is -0.162. The predicted molar refractivity (Wildman–Crippen MR) is 164 cm³/mol. The van der Waals surface area contributed by atoms with Crippen molar-refractivity contribution in [1.29, 1.82) is 0 Å². The molecule has 2 aromatic rings. The van der Waals surface area contributed by atoms with E-state index in [1.165, 1.54) is 12.2 Å². The molecule has 2 saturated carbocycles. The van der Waals surface area contributed by atoms with Crippen molar-refractivity contribution in [2.24, 2.45) is 17.3 Å². The van der Waals surface area contributed by atoms with Crippen LogP contribution in [0.15, 0.2) is 72.3 Å². The summed E-state index contributed by atoms with van der Waals surface area (Å²) in [6.07, 6.45) is 0.367. The zero-order valence-electron chi connectivity index (χ0n) is 25.6. The van der Waals surface area contributed by atoms with Crippen LogP contribution in [0.5, 0.6) is 0 Å². The Morgan fingerprint density at radius 1 is 1.16 bits per heavy atom. The number of nitrogen functional groups attached to an aromatic ring is 1. The van der Waals surface area contributed by atoms with Crippen LogP contribution in [-0.4, -0.2) is 58.0 Å². The third-order valence-electron chi connectivity index (χ3n) is 10.7. The second-order valence-electron chi connectivity index (χ2n) is 13.3. The number of anilines is 1. The lowest BCUT2D eigenvalue weighted by Crippen LogP contribution is -2.63. The molecule has 0 aromatic heterocycles. The van der Waals surface area contributed by atoms with Crippen LogP contribution in [0.3, 0.4) is 0 Å². The van der Waals surface area contributed by atoms with Crippen LogP contribution in [0.1, 0.15) is 68.9 Å². The van der Waals surface area contributed by atoms with Crippen LogP contribution in [0.25, 0.3) is 0 Å². The monoisotopic (exact) mass is 621 g/mol. The number of hydrogen-bond donors (Lipinski definition) is 3. The van der Waals surface area contributed by atoms with Gasteiger partial charge in [-0.3, -0.25) is 9.59 Å². The van der Waals surface area contributed by atoms with Gasteiger partial charge in [-0.25, -0.2) is 8.78 Å². The zero-order chi connectivity index (χ0) is 32.1. The molecule has 0 amide bonds. The molecule has 0 unspecified atom stereocenters. The first kappa shape index (κ1) is 31.7. The Balaban J connectivity index is 1.27. The molecule has 1 aliphatic heterocycles. The van der Waals surface area contributed by atoms with Gasteiger partial charge in [-0.05, 0) is 85.9 Å². The molecule has 45 heavy (non-hydrogen) atoms. The fraction of sp³-hybridized carbons (Fsp3) is 0.500. The van der Waals surface area contributed by atoms with E-state index in [1.807, 2.05) is 55.5 Å². The van der Waals surface area contributed by atoms with E-state index in [1.54, 1.807) is 6.92 Å². The summed E-state index contributed by atoms with van der Waals surface area (Å²) in [5.41, 5.74) is 4.04. The summed E-state index contributed by atoms with van der Waals surface area (Å²) in [6.45, 7) is 2.59. The number of allylic oxidation sites excluding steroid dienone is 4. The highest BCUT2D eigenvalue weighted by Crippen LogP contribution is 2.63. The van der Waals surface area contributed by atoms with Crippen molar-refractivity contribution in [3.63, 3.8) is 0 Å². The average Bonchev–Trinajstić information content (AvgIpc) is 3.56. The van der Waals surface area contributed by atoms with Gasteiger partial charge in [0.1, 0.15) is 12.8 Å². The van der Waals surface area contributed by atoms with Gasteiger partial charge in [0.15, 0.2) is 29.1 Å². The Bertz CT molecular complexity index is 1530. The van der Waals surface area contributed by atoms with Crippen LogP contribution in [0.2, 0.25) is 0 Å². The summed E-state index contributed by atoms with van der Waals surface area (Å²) in [6, 6.07) is 15.3. The van der Waals surface area contributed by atoms with Gasteiger partial charge in [0.2, 0.25) is 0 Å². The molecule has 3 fully saturated rings. The predicted octanol–water partition coefficient (Wildman–Crippen LogP) is 5.28. The van der Waals surface area contributed by atoms with Gasteiger partial charge in [0, 0.05) is 22.6 Å². The first-order valence-electron chi connectivity index (χ1n) is 15.8. The van der Waals surface area contributed by atoms with Crippen molar-refractivity contribution >= 4 is 17.3 Å². The molecule has 2 aromatic carbocycles. The molecule has 0 spiro atoms. The van der Waals surface area contributed by atoms with Crippen molar-refractivity contribution in [2.45, 2.75) is 88.3 Å². The minimum Gasteiger partial charge on any atom is -0.399 e. The number of fused-ring (bicyclic) bond motifs is 2. The Morgan fingerprint density at radius 2 is 1.91 bits per heavy atom. The number of halogens is 2. The van der Waals surface area contributed by atoms with Gasteiger partial charge < -0.3 is 25.4 Å². The van der Waals surface area contributed by atoms with Crippen LogP contribution in [-0.2, 0) is 25.5 Å². The Morgan fingerprint density at radius 3 is 2.60 bits per heavy atom. The number of ketones is 2. The van der Waals surface area contributed by atoms with E-state index in [2.05, 4.69) is 0 Å². The molecule has 6 rings (SSSR count). The molecular formula is C36H41F2NO6. The van der Waals surface area contributed by atoms with Crippen LogP contribution in [0, 0.1) is 17.3 Å². The van der Waals surface area contributed by atoms with E-state index in [0.29, 0.717) is 24.1 Å². The minimum atomic E-state index is -2.32. The van der Waals surface area contributed by atoms with Gasteiger partial charge in [0.25, 0.3) is 0 Å². The molecular weight excluding hydrogens is 580 g/mol. The highest BCUT2D eigenvalue weighted by atomic mass is 19.1. The lowest BCUT2D eigenvalue weighted by Gasteiger charge is -2.56. The number of aliphatic hydroxyl groups is 2. The molecule has 3 aliphatic carbocycles. The second-order valence-corrected chi connectivity index (χ2v) is 13.3. The number of hydrogen-bond acceptors (Lipinski definition) is 7. The lowest BCUT2D eigenvalue weighted by atomic mass is 9.51. The zero-order valence-corrected chi connectivity index (χ0v) is 25.6. The van der Waals surface area contributed by atoms with Crippen LogP contribution in [0.4, 0.5) is 14.5 Å². The van der Waals surface area contributed by atoms with Gasteiger partial charge >= 0.3 is 0 Å². The van der Waals surface area contributed by atoms with E-state index in [9.17, 15) is 19.8 Å². The van der Waals surface area contributed by atoms with Crippen LogP contribution < -0.4 is 5.73 Å². The number of ether oxygens (including phenoxy) is 2. The number of Topliss-reactive ketones (excluding diaryl/α,β-unsaturated/α-hetero) is 1. The van der Waals surface area contributed by atoms with Crippen molar-refractivity contribution in [2.75, 3.05) is 12.3 Å². The molecule has 9 atom stereocenters.